The highest BCUT2D eigenvalue weighted by Gasteiger charge is 2.08. The van der Waals surface area contributed by atoms with E-state index in [1.54, 1.807) is 0 Å². The molecule has 1 aromatic heterocycles. The molecule has 0 bridgehead atoms. The van der Waals surface area contributed by atoms with Gasteiger partial charge >= 0.3 is 0 Å². The molecule has 8 heteroatoms. The Morgan fingerprint density at radius 2 is 2.26 bits per heavy atom. The van der Waals surface area contributed by atoms with E-state index in [2.05, 4.69) is 36.9 Å². The zero-order chi connectivity index (χ0) is 13.8. The van der Waals surface area contributed by atoms with E-state index in [9.17, 15) is 0 Å². The second kappa shape index (κ2) is 5.87. The van der Waals surface area contributed by atoms with Gasteiger partial charge in [0, 0.05) is 10.0 Å². The predicted octanol–water partition coefficient (Wildman–Crippen LogP) is 1.55. The van der Waals surface area contributed by atoms with Crippen molar-refractivity contribution >= 4 is 21.9 Å². The lowest BCUT2D eigenvalue weighted by molar-refractivity contribution is 0.240. The monoisotopic (exact) mass is 326 g/mol. The third kappa shape index (κ3) is 3.57. The van der Waals surface area contributed by atoms with Crippen molar-refractivity contribution in [2.24, 2.45) is 0 Å². The SMILES string of the molecule is CC(C)Oc1ccc(Br)cc1CNn1nnnc1N. The molecular formula is C11H15BrN6O. The maximum absolute atomic E-state index is 5.75. The Labute approximate surface area is 119 Å². The van der Waals surface area contributed by atoms with Gasteiger partial charge in [-0.15, -0.1) is 4.79 Å². The van der Waals surface area contributed by atoms with E-state index in [0.29, 0.717) is 6.54 Å². The van der Waals surface area contributed by atoms with E-state index in [-0.39, 0.29) is 12.1 Å². The zero-order valence-electron chi connectivity index (χ0n) is 10.7. The summed E-state index contributed by atoms with van der Waals surface area (Å²) in [6.07, 6.45) is 0.109. The highest BCUT2D eigenvalue weighted by molar-refractivity contribution is 9.10. The third-order valence-corrected chi connectivity index (χ3v) is 2.79. The van der Waals surface area contributed by atoms with Crippen molar-refractivity contribution in [3.8, 4) is 5.75 Å². The van der Waals surface area contributed by atoms with Crippen molar-refractivity contribution < 1.29 is 4.74 Å². The Hall–Kier alpha value is -1.83. The van der Waals surface area contributed by atoms with Gasteiger partial charge in [-0.25, -0.2) is 0 Å². The molecule has 1 heterocycles. The van der Waals surface area contributed by atoms with E-state index < -0.39 is 0 Å². The number of ether oxygens (including phenoxy) is 1. The van der Waals surface area contributed by atoms with Crippen LogP contribution in [-0.4, -0.2) is 26.4 Å². The first-order valence-electron chi connectivity index (χ1n) is 5.79. The van der Waals surface area contributed by atoms with Gasteiger partial charge in [-0.2, -0.15) is 0 Å². The number of nitrogens with one attached hydrogen (secondary N) is 1. The van der Waals surface area contributed by atoms with Crippen molar-refractivity contribution in [3.05, 3.63) is 28.2 Å². The quantitative estimate of drug-likeness (QED) is 0.866. The van der Waals surface area contributed by atoms with Crippen LogP contribution < -0.4 is 15.9 Å². The van der Waals surface area contributed by atoms with Gasteiger partial charge in [-0.05, 0) is 42.5 Å². The van der Waals surface area contributed by atoms with Crippen molar-refractivity contribution in [2.45, 2.75) is 26.5 Å². The van der Waals surface area contributed by atoms with Gasteiger partial charge in [0.05, 0.1) is 12.6 Å². The van der Waals surface area contributed by atoms with Crippen LogP contribution in [0, 0.1) is 0 Å². The van der Waals surface area contributed by atoms with E-state index in [1.807, 2.05) is 32.0 Å². The van der Waals surface area contributed by atoms with Crippen LogP contribution in [0.2, 0.25) is 0 Å². The van der Waals surface area contributed by atoms with Crippen LogP contribution in [0.25, 0.3) is 0 Å². The van der Waals surface area contributed by atoms with E-state index in [0.717, 1.165) is 15.8 Å². The van der Waals surface area contributed by atoms with Gasteiger partial charge in [0.25, 0.3) is 5.95 Å². The second-order valence-electron chi connectivity index (χ2n) is 4.20. The Kier molecular flexibility index (Phi) is 4.20. The lowest BCUT2D eigenvalue weighted by Gasteiger charge is -2.15. The smallest absolute Gasteiger partial charge is 0.260 e. The lowest BCUT2D eigenvalue weighted by atomic mass is 10.2. The van der Waals surface area contributed by atoms with Crippen LogP contribution in [0.1, 0.15) is 19.4 Å². The molecule has 102 valence electrons. The molecule has 0 aliphatic carbocycles. The van der Waals surface area contributed by atoms with Crippen LogP contribution in [-0.2, 0) is 6.54 Å². The molecule has 1 aromatic carbocycles. The molecule has 7 nitrogen and oxygen atoms in total. The minimum absolute atomic E-state index is 0.109. The number of nitrogens with zero attached hydrogens (tertiary/aromatic N) is 4. The average Bonchev–Trinajstić information content (AvgIpc) is 2.75. The number of hydrogen-bond acceptors (Lipinski definition) is 6. The molecule has 0 aliphatic rings. The largest absolute Gasteiger partial charge is 0.491 e. The summed E-state index contributed by atoms with van der Waals surface area (Å²) in [7, 11) is 0. The summed E-state index contributed by atoms with van der Waals surface area (Å²) in [4.78, 5) is 1.32. The molecular weight excluding hydrogens is 312 g/mol. The normalized spacial score (nSPS) is 10.7. The maximum atomic E-state index is 5.75. The topological polar surface area (TPSA) is 90.9 Å². The van der Waals surface area contributed by atoms with Crippen LogP contribution in [0.15, 0.2) is 22.7 Å². The molecule has 0 amide bonds. The number of tetrazole rings is 1. The minimum atomic E-state index is 0.109. The molecule has 2 rings (SSSR count). The summed E-state index contributed by atoms with van der Waals surface area (Å²) in [6, 6.07) is 5.84. The highest BCUT2D eigenvalue weighted by Crippen LogP contribution is 2.24. The number of nitrogens with two attached hydrogens (primary N) is 1. The summed E-state index contributed by atoms with van der Waals surface area (Å²) in [5, 5.41) is 10.8. The summed E-state index contributed by atoms with van der Waals surface area (Å²) in [6.45, 7) is 4.47. The molecule has 0 atom stereocenters. The Bertz CT molecular complexity index is 556. The van der Waals surface area contributed by atoms with Crippen LogP contribution in [0.3, 0.4) is 0 Å². The lowest BCUT2D eigenvalue weighted by Crippen LogP contribution is -2.19. The first kappa shape index (κ1) is 13.6. The number of rotatable bonds is 5. The summed E-state index contributed by atoms with van der Waals surface area (Å²) >= 11 is 3.44. The van der Waals surface area contributed by atoms with Crippen LogP contribution in [0.5, 0.6) is 5.75 Å². The number of anilines is 1. The first-order chi connectivity index (χ1) is 9.06. The van der Waals surface area contributed by atoms with E-state index in [1.165, 1.54) is 4.79 Å². The molecule has 2 aromatic rings. The van der Waals surface area contributed by atoms with E-state index >= 15 is 0 Å². The van der Waals surface area contributed by atoms with Crippen LogP contribution in [0.4, 0.5) is 5.95 Å². The highest BCUT2D eigenvalue weighted by atomic mass is 79.9. The molecule has 0 aliphatic heterocycles. The molecule has 19 heavy (non-hydrogen) atoms. The van der Waals surface area contributed by atoms with Gasteiger partial charge in [-0.1, -0.05) is 21.0 Å². The van der Waals surface area contributed by atoms with Gasteiger partial charge in [0.2, 0.25) is 0 Å². The second-order valence-corrected chi connectivity index (χ2v) is 5.12. The molecule has 0 fully saturated rings. The zero-order valence-corrected chi connectivity index (χ0v) is 12.3. The van der Waals surface area contributed by atoms with E-state index in [4.69, 9.17) is 10.5 Å². The summed E-state index contributed by atoms with van der Waals surface area (Å²) < 4.78 is 6.72. The molecule has 0 radical (unpaired) electrons. The fraction of sp³-hybridized carbons (Fsp3) is 0.364. The minimum Gasteiger partial charge on any atom is -0.491 e. The first-order valence-corrected chi connectivity index (χ1v) is 6.58. The molecule has 0 spiro atoms. The molecule has 0 saturated heterocycles. The van der Waals surface area contributed by atoms with Gasteiger partial charge in [-0.3, -0.25) is 0 Å². The van der Waals surface area contributed by atoms with Crippen LogP contribution >= 0.6 is 15.9 Å². The van der Waals surface area contributed by atoms with Gasteiger partial charge in [0.15, 0.2) is 0 Å². The Morgan fingerprint density at radius 3 is 2.89 bits per heavy atom. The van der Waals surface area contributed by atoms with Crippen molar-refractivity contribution in [1.82, 2.24) is 20.3 Å². The fourth-order valence-electron chi connectivity index (χ4n) is 1.52. The molecule has 3 N–H and O–H groups in total. The number of hydrogen-bond donors (Lipinski definition) is 2. The standard InChI is InChI=1S/C11H15BrN6O/c1-7(2)19-10-4-3-9(12)5-8(10)6-14-18-11(13)15-16-17-18/h3-5,7,14H,6H2,1-2H3,(H2,13,15,17). The number of halogens is 1. The maximum Gasteiger partial charge on any atom is 0.260 e. The van der Waals surface area contributed by atoms with Crippen molar-refractivity contribution in [3.63, 3.8) is 0 Å². The predicted molar refractivity (Wildman–Crippen MR) is 75.2 cm³/mol. The third-order valence-electron chi connectivity index (χ3n) is 2.30. The Morgan fingerprint density at radius 1 is 1.47 bits per heavy atom. The Balaban J connectivity index is 2.14. The molecule has 0 saturated carbocycles. The van der Waals surface area contributed by atoms with Crippen molar-refractivity contribution in [2.75, 3.05) is 11.2 Å². The van der Waals surface area contributed by atoms with Gasteiger partial charge in [0.1, 0.15) is 5.75 Å². The van der Waals surface area contributed by atoms with Gasteiger partial charge < -0.3 is 15.9 Å². The number of benzene rings is 1. The fourth-order valence-corrected chi connectivity index (χ4v) is 1.93. The van der Waals surface area contributed by atoms with Crippen molar-refractivity contribution in [1.29, 1.82) is 0 Å². The summed E-state index contributed by atoms with van der Waals surface area (Å²) in [5.74, 6) is 1.03. The number of nitrogen functional groups attached to an aromatic ring is 1. The number of aromatic nitrogens is 4. The summed E-state index contributed by atoms with van der Waals surface area (Å²) in [5.41, 5.74) is 9.57. The average molecular weight is 327 g/mol. The molecule has 0 unspecified atom stereocenters.